The third-order valence-electron chi connectivity index (χ3n) is 18.4. The molecule has 0 spiro atoms. The van der Waals surface area contributed by atoms with Gasteiger partial charge in [-0.3, -0.25) is 9.97 Å². The molecule has 2 heterocycles. The molecule has 2 aromatic heterocycles. The summed E-state index contributed by atoms with van der Waals surface area (Å²) in [6.45, 7) is 14.3. The lowest BCUT2D eigenvalue weighted by Crippen LogP contribution is -2.17. The van der Waals surface area contributed by atoms with Crippen LogP contribution in [-0.4, -0.2) is 9.97 Å². The number of aromatic nitrogens is 2. The van der Waals surface area contributed by atoms with Gasteiger partial charge in [0.15, 0.2) is 0 Å². The minimum atomic E-state index is -0.203. The Morgan fingerprint density at radius 2 is 0.566 bits per heavy atom. The number of pyridine rings is 2. The number of hydrogen-bond donors (Lipinski definition) is 0. The summed E-state index contributed by atoms with van der Waals surface area (Å²) in [5.41, 5.74) is 26.9. The molecule has 0 saturated heterocycles. The van der Waals surface area contributed by atoms with Gasteiger partial charge in [-0.1, -0.05) is 224 Å². The van der Waals surface area contributed by atoms with E-state index in [-0.39, 0.29) is 16.2 Å². The molecule has 12 aromatic rings. The van der Waals surface area contributed by atoms with E-state index in [9.17, 15) is 0 Å². The van der Waals surface area contributed by atoms with Crippen molar-refractivity contribution in [3.05, 3.63) is 299 Å². The molecule has 0 unspecified atom stereocenters. The minimum Gasteiger partial charge on any atom is -0.310 e. The van der Waals surface area contributed by atoms with Gasteiger partial charge in [-0.25, -0.2) is 0 Å². The van der Waals surface area contributed by atoms with Crippen molar-refractivity contribution in [1.29, 1.82) is 0 Å². The van der Waals surface area contributed by atoms with Crippen LogP contribution in [0.25, 0.3) is 79.2 Å². The summed E-state index contributed by atoms with van der Waals surface area (Å²) in [5, 5.41) is 4.85. The van der Waals surface area contributed by atoms with E-state index in [0.29, 0.717) is 0 Å². The SMILES string of the molecule is CC1(C)c2cc(C=Cc3ccc4c(c3)C(C)(C)c3cc(N(c5ccncc5)c5cccc6ccccc56)ccc3-4)ccc2-c2ccc(C=Cc3ccc4c(c3)C(C)(C)c3cc(N(c5ccncc5)c5cccc6ccccc56)ccc3-4)cc21. The second-order valence-electron chi connectivity index (χ2n) is 24.3. The molecule has 0 radical (unpaired) electrons. The molecule has 0 N–H and O–H groups in total. The van der Waals surface area contributed by atoms with Gasteiger partial charge in [0, 0.05) is 74.6 Å². The van der Waals surface area contributed by atoms with Crippen molar-refractivity contribution in [2.45, 2.75) is 57.8 Å². The van der Waals surface area contributed by atoms with Gasteiger partial charge in [-0.2, -0.15) is 0 Å². The highest BCUT2D eigenvalue weighted by molar-refractivity contribution is 6.01. The quantitative estimate of drug-likeness (QED) is 0.128. The van der Waals surface area contributed by atoms with Crippen LogP contribution in [0.4, 0.5) is 34.1 Å². The first-order valence-electron chi connectivity index (χ1n) is 29.0. The Balaban J connectivity index is 0.671. The number of fused-ring (bicyclic) bond motifs is 11. The van der Waals surface area contributed by atoms with Gasteiger partial charge in [-0.05, 0) is 160 Å². The number of hydrogen-bond acceptors (Lipinski definition) is 4. The molecule has 398 valence electrons. The fraction of sp³-hybridized carbons (Fsp3) is 0.114. The van der Waals surface area contributed by atoms with Gasteiger partial charge in [-0.15, -0.1) is 0 Å². The van der Waals surface area contributed by atoms with Gasteiger partial charge in [0.25, 0.3) is 0 Å². The Morgan fingerprint density at radius 3 is 0.904 bits per heavy atom. The number of nitrogens with zero attached hydrogens (tertiary/aromatic N) is 4. The smallest absolute Gasteiger partial charge is 0.0540 e. The molecule has 0 bridgehead atoms. The predicted molar refractivity (Wildman–Crippen MR) is 350 cm³/mol. The zero-order valence-electron chi connectivity index (χ0n) is 47.7. The molecule has 0 atom stereocenters. The molecule has 15 rings (SSSR count). The highest BCUT2D eigenvalue weighted by Gasteiger charge is 2.39. The largest absolute Gasteiger partial charge is 0.310 e. The molecule has 3 aliphatic carbocycles. The van der Waals surface area contributed by atoms with E-state index in [2.05, 4.69) is 304 Å². The molecule has 0 saturated carbocycles. The van der Waals surface area contributed by atoms with E-state index in [1.807, 2.05) is 24.8 Å². The summed E-state index contributed by atoms with van der Waals surface area (Å²) in [6.07, 6.45) is 16.7. The van der Waals surface area contributed by atoms with Crippen LogP contribution < -0.4 is 9.80 Å². The summed E-state index contributed by atoms with van der Waals surface area (Å²) in [7, 11) is 0. The highest BCUT2D eigenvalue weighted by atomic mass is 15.2. The average Bonchev–Trinajstić information content (AvgIpc) is 4.07. The van der Waals surface area contributed by atoms with Crippen LogP contribution in [-0.2, 0) is 16.2 Å². The third kappa shape index (κ3) is 8.18. The second-order valence-corrected chi connectivity index (χ2v) is 24.3. The Labute approximate surface area is 487 Å². The predicted octanol–water partition coefficient (Wildman–Crippen LogP) is 21.0. The maximum Gasteiger partial charge on any atom is 0.0540 e. The van der Waals surface area contributed by atoms with Crippen LogP contribution >= 0.6 is 0 Å². The second kappa shape index (κ2) is 19.1. The van der Waals surface area contributed by atoms with Crippen molar-refractivity contribution < 1.29 is 0 Å². The Bertz CT molecular complexity index is 4350. The van der Waals surface area contributed by atoms with Crippen molar-refractivity contribution >= 4 is 80.0 Å². The van der Waals surface area contributed by atoms with Crippen molar-refractivity contribution in [3.8, 4) is 33.4 Å². The van der Waals surface area contributed by atoms with Crippen LogP contribution in [0.15, 0.2) is 243 Å². The summed E-state index contributed by atoms with van der Waals surface area (Å²) < 4.78 is 0. The normalized spacial score (nSPS) is 14.6. The van der Waals surface area contributed by atoms with Gasteiger partial charge >= 0.3 is 0 Å². The van der Waals surface area contributed by atoms with E-state index in [0.717, 1.165) is 34.1 Å². The lowest BCUT2D eigenvalue weighted by molar-refractivity contribution is 0.660. The maximum atomic E-state index is 4.37. The molecule has 83 heavy (non-hydrogen) atoms. The van der Waals surface area contributed by atoms with Crippen LogP contribution in [0, 0.1) is 0 Å². The summed E-state index contributed by atoms with van der Waals surface area (Å²) >= 11 is 0. The third-order valence-corrected chi connectivity index (χ3v) is 18.4. The van der Waals surface area contributed by atoms with Crippen LogP contribution in [0.1, 0.15) is 97.2 Å². The van der Waals surface area contributed by atoms with Gasteiger partial charge in [0.1, 0.15) is 0 Å². The van der Waals surface area contributed by atoms with Crippen LogP contribution in [0.5, 0.6) is 0 Å². The zero-order chi connectivity index (χ0) is 56.2. The van der Waals surface area contributed by atoms with Gasteiger partial charge < -0.3 is 9.80 Å². The van der Waals surface area contributed by atoms with E-state index in [4.69, 9.17) is 0 Å². The molecule has 0 amide bonds. The monoisotopic (exact) mass is 1070 g/mol. The zero-order valence-corrected chi connectivity index (χ0v) is 47.7. The molecule has 3 aliphatic rings. The van der Waals surface area contributed by atoms with Crippen LogP contribution in [0.3, 0.4) is 0 Å². The summed E-state index contributed by atoms with van der Waals surface area (Å²) in [6, 6.07) is 80.9. The molecular formula is C79H62N4. The average molecular weight is 1070 g/mol. The minimum absolute atomic E-state index is 0.163. The fourth-order valence-corrected chi connectivity index (χ4v) is 14.0. The van der Waals surface area contributed by atoms with E-state index >= 15 is 0 Å². The van der Waals surface area contributed by atoms with Crippen molar-refractivity contribution in [1.82, 2.24) is 9.97 Å². The lowest BCUT2D eigenvalue weighted by Gasteiger charge is -2.29. The van der Waals surface area contributed by atoms with E-state index in [1.54, 1.807) is 0 Å². The Morgan fingerprint density at radius 1 is 0.277 bits per heavy atom. The van der Waals surface area contributed by atoms with Gasteiger partial charge in [0.2, 0.25) is 0 Å². The molecule has 0 fully saturated rings. The molecule has 4 nitrogen and oxygen atoms in total. The van der Waals surface area contributed by atoms with Gasteiger partial charge in [0.05, 0.1) is 11.4 Å². The Hall–Kier alpha value is -9.90. The lowest BCUT2D eigenvalue weighted by atomic mass is 9.81. The first kappa shape index (κ1) is 50.1. The van der Waals surface area contributed by atoms with E-state index < -0.39 is 0 Å². The van der Waals surface area contributed by atoms with Crippen LogP contribution in [0.2, 0.25) is 0 Å². The van der Waals surface area contributed by atoms with E-state index in [1.165, 1.54) is 111 Å². The number of benzene rings is 10. The fourth-order valence-electron chi connectivity index (χ4n) is 14.0. The molecule has 10 aromatic carbocycles. The highest BCUT2D eigenvalue weighted by Crippen LogP contribution is 2.54. The Kier molecular flexibility index (Phi) is 11.5. The maximum absolute atomic E-state index is 4.37. The van der Waals surface area contributed by atoms with Crippen molar-refractivity contribution in [2.75, 3.05) is 9.80 Å². The van der Waals surface area contributed by atoms with Crippen molar-refractivity contribution in [2.24, 2.45) is 0 Å². The first-order chi connectivity index (χ1) is 40.4. The standard InChI is InChI=1S/C79H62N4/c1-77(2)69-45-51(21-23-53-27-33-65-67-35-29-59(49-73(67)78(3,4)71(65)47-53)82(57-37-41-80-42-38-57)75-19-11-15-55-13-7-9-17-61(55)75)25-31-63(69)64-32-26-52(46-70(64)77)22-24-54-28-34-66-68-36-30-60(50-74(68)79(5,6)72(66)48-54)83(58-39-43-81-44-40-58)76-20-12-16-56-14-8-10-18-62(56)76/h7-50H,1-6H3. The topological polar surface area (TPSA) is 32.3 Å². The summed E-state index contributed by atoms with van der Waals surface area (Å²) in [4.78, 5) is 13.5. The number of anilines is 6. The molecule has 0 aliphatic heterocycles. The van der Waals surface area contributed by atoms with Crippen molar-refractivity contribution in [3.63, 3.8) is 0 Å². The molecular weight excluding hydrogens is 1000 g/mol. The summed E-state index contributed by atoms with van der Waals surface area (Å²) in [5.74, 6) is 0. The first-order valence-corrected chi connectivity index (χ1v) is 29.0. The molecule has 4 heteroatoms. The number of rotatable bonds is 10.